The average Bonchev–Trinajstić information content (AvgIpc) is 2.69. The van der Waals surface area contributed by atoms with Gasteiger partial charge in [-0.2, -0.15) is 0 Å². The molecule has 0 bridgehead atoms. The highest BCUT2D eigenvalue weighted by Crippen LogP contribution is 2.23. The van der Waals surface area contributed by atoms with Crippen molar-refractivity contribution in [2.45, 2.75) is 39.0 Å². The summed E-state index contributed by atoms with van der Waals surface area (Å²) in [5.74, 6) is 0.810. The van der Waals surface area contributed by atoms with Gasteiger partial charge in [0.2, 0.25) is 10.0 Å². The van der Waals surface area contributed by atoms with Crippen LogP contribution in [0, 0.1) is 0 Å². The summed E-state index contributed by atoms with van der Waals surface area (Å²) < 4.78 is 26.4. The SMILES string of the molecule is CCCCS(=O)(=O)Nc1ccc(Nc2ccc(N3CCCCC3)cc2)nc1. The van der Waals surface area contributed by atoms with Crippen LogP contribution in [0.25, 0.3) is 0 Å². The molecule has 1 saturated heterocycles. The van der Waals surface area contributed by atoms with Gasteiger partial charge in [0.1, 0.15) is 5.82 Å². The smallest absolute Gasteiger partial charge is 0.232 e. The van der Waals surface area contributed by atoms with Gasteiger partial charge in [0.25, 0.3) is 0 Å². The Labute approximate surface area is 162 Å². The Kier molecular flexibility index (Phi) is 6.55. The molecule has 2 N–H and O–H groups in total. The lowest BCUT2D eigenvalue weighted by molar-refractivity contribution is 0.578. The van der Waals surface area contributed by atoms with E-state index in [1.54, 1.807) is 12.1 Å². The van der Waals surface area contributed by atoms with E-state index >= 15 is 0 Å². The lowest BCUT2D eigenvalue weighted by atomic mass is 10.1. The van der Waals surface area contributed by atoms with E-state index in [2.05, 4.69) is 32.1 Å². The molecule has 6 nitrogen and oxygen atoms in total. The minimum absolute atomic E-state index is 0.132. The van der Waals surface area contributed by atoms with Gasteiger partial charge in [-0.15, -0.1) is 0 Å². The lowest BCUT2D eigenvalue weighted by Gasteiger charge is -2.28. The van der Waals surface area contributed by atoms with Crippen LogP contribution in [0.15, 0.2) is 42.6 Å². The second-order valence-electron chi connectivity index (χ2n) is 6.93. The summed E-state index contributed by atoms with van der Waals surface area (Å²) in [6.07, 6.45) is 6.88. The highest BCUT2D eigenvalue weighted by Gasteiger charge is 2.11. The number of nitrogens with zero attached hydrogens (tertiary/aromatic N) is 2. The molecule has 7 heteroatoms. The Balaban J connectivity index is 1.58. The molecular formula is C20H28N4O2S. The predicted molar refractivity (Wildman–Crippen MR) is 112 cm³/mol. The number of anilines is 4. The van der Waals surface area contributed by atoms with Crippen molar-refractivity contribution >= 4 is 32.9 Å². The van der Waals surface area contributed by atoms with Crippen LogP contribution in [0.2, 0.25) is 0 Å². The molecule has 0 atom stereocenters. The van der Waals surface area contributed by atoms with Gasteiger partial charge in [0, 0.05) is 24.5 Å². The molecule has 0 aliphatic carbocycles. The van der Waals surface area contributed by atoms with Crippen LogP contribution in [0.3, 0.4) is 0 Å². The Hall–Kier alpha value is -2.28. The third kappa shape index (κ3) is 5.85. The maximum atomic E-state index is 11.9. The van der Waals surface area contributed by atoms with Gasteiger partial charge < -0.3 is 10.2 Å². The molecule has 27 heavy (non-hydrogen) atoms. The number of unbranched alkanes of at least 4 members (excludes halogenated alkanes) is 1. The minimum atomic E-state index is -3.30. The van der Waals surface area contributed by atoms with E-state index in [0.717, 1.165) is 25.2 Å². The fourth-order valence-electron chi connectivity index (χ4n) is 3.15. The Bertz CT molecular complexity index is 814. The first-order valence-corrected chi connectivity index (χ1v) is 11.3. The van der Waals surface area contributed by atoms with Crippen molar-refractivity contribution in [1.82, 2.24) is 4.98 Å². The van der Waals surface area contributed by atoms with Gasteiger partial charge in [0.15, 0.2) is 0 Å². The van der Waals surface area contributed by atoms with Crippen LogP contribution in [0.1, 0.15) is 39.0 Å². The first-order valence-electron chi connectivity index (χ1n) is 9.64. The zero-order chi connectivity index (χ0) is 19.1. The van der Waals surface area contributed by atoms with E-state index in [9.17, 15) is 8.42 Å². The summed E-state index contributed by atoms with van der Waals surface area (Å²) in [5, 5.41) is 3.25. The standard InChI is InChI=1S/C20H28N4O2S/c1-2-3-15-27(25,26)23-18-9-12-20(21-16-18)22-17-7-10-19(11-8-17)24-13-5-4-6-14-24/h7-12,16,23H,2-6,13-15H2,1H3,(H,21,22). The van der Waals surface area contributed by atoms with Crippen LogP contribution in [0.4, 0.5) is 22.9 Å². The molecule has 0 saturated carbocycles. The van der Waals surface area contributed by atoms with Gasteiger partial charge >= 0.3 is 0 Å². The monoisotopic (exact) mass is 388 g/mol. The van der Waals surface area contributed by atoms with Gasteiger partial charge in [-0.1, -0.05) is 13.3 Å². The largest absolute Gasteiger partial charge is 0.372 e. The van der Waals surface area contributed by atoms with E-state index in [1.165, 1.54) is 31.1 Å². The van der Waals surface area contributed by atoms with Crippen LogP contribution in [-0.4, -0.2) is 32.2 Å². The first kappa shape index (κ1) is 19.5. The molecular weight excluding hydrogens is 360 g/mol. The van der Waals surface area contributed by atoms with Crippen molar-refractivity contribution in [1.29, 1.82) is 0 Å². The normalized spacial score (nSPS) is 14.8. The average molecular weight is 389 g/mol. The molecule has 1 aliphatic rings. The summed E-state index contributed by atoms with van der Waals surface area (Å²) in [7, 11) is -3.30. The van der Waals surface area contributed by atoms with Gasteiger partial charge in [-0.05, 0) is 62.1 Å². The number of hydrogen-bond acceptors (Lipinski definition) is 5. The molecule has 146 valence electrons. The summed E-state index contributed by atoms with van der Waals surface area (Å²) in [4.78, 5) is 6.72. The third-order valence-electron chi connectivity index (χ3n) is 4.66. The van der Waals surface area contributed by atoms with Gasteiger partial charge in [-0.25, -0.2) is 13.4 Å². The van der Waals surface area contributed by atoms with Crippen molar-refractivity contribution in [2.75, 3.05) is 33.8 Å². The predicted octanol–water partition coefficient (Wildman–Crippen LogP) is 4.36. The van der Waals surface area contributed by atoms with E-state index in [-0.39, 0.29) is 5.75 Å². The number of benzene rings is 1. The summed E-state index contributed by atoms with van der Waals surface area (Å²) in [6.45, 7) is 4.23. The molecule has 0 unspecified atom stereocenters. The maximum Gasteiger partial charge on any atom is 0.232 e. The lowest BCUT2D eigenvalue weighted by Crippen LogP contribution is -2.29. The molecule has 0 radical (unpaired) electrons. The molecule has 1 aliphatic heterocycles. The number of nitrogens with one attached hydrogen (secondary N) is 2. The fourth-order valence-corrected chi connectivity index (χ4v) is 4.40. The highest BCUT2D eigenvalue weighted by atomic mass is 32.2. The molecule has 0 amide bonds. The van der Waals surface area contributed by atoms with Crippen LogP contribution in [-0.2, 0) is 10.0 Å². The number of hydrogen-bond donors (Lipinski definition) is 2. The first-order chi connectivity index (χ1) is 13.1. The van der Waals surface area contributed by atoms with Gasteiger partial charge in [0.05, 0.1) is 17.6 Å². The number of pyridine rings is 1. The number of aromatic nitrogens is 1. The van der Waals surface area contributed by atoms with Crippen molar-refractivity contribution < 1.29 is 8.42 Å². The van der Waals surface area contributed by atoms with E-state index < -0.39 is 10.0 Å². The zero-order valence-corrected chi connectivity index (χ0v) is 16.6. The second kappa shape index (κ2) is 9.08. The number of rotatable bonds is 8. The zero-order valence-electron chi connectivity index (χ0n) is 15.8. The summed E-state index contributed by atoms with van der Waals surface area (Å²) >= 11 is 0. The van der Waals surface area contributed by atoms with Crippen molar-refractivity contribution in [3.8, 4) is 0 Å². The van der Waals surface area contributed by atoms with Crippen LogP contribution >= 0.6 is 0 Å². The van der Waals surface area contributed by atoms with E-state index in [1.807, 2.05) is 19.1 Å². The minimum Gasteiger partial charge on any atom is -0.372 e. The highest BCUT2D eigenvalue weighted by molar-refractivity contribution is 7.92. The molecule has 2 aromatic rings. The Morgan fingerprint density at radius 1 is 1.00 bits per heavy atom. The van der Waals surface area contributed by atoms with Crippen molar-refractivity contribution in [3.05, 3.63) is 42.6 Å². The quantitative estimate of drug-likeness (QED) is 0.703. The molecule has 0 spiro atoms. The molecule has 1 aromatic heterocycles. The van der Waals surface area contributed by atoms with E-state index in [0.29, 0.717) is 17.9 Å². The molecule has 1 aromatic carbocycles. The van der Waals surface area contributed by atoms with Crippen LogP contribution in [0.5, 0.6) is 0 Å². The Morgan fingerprint density at radius 3 is 2.33 bits per heavy atom. The Morgan fingerprint density at radius 2 is 1.70 bits per heavy atom. The number of sulfonamides is 1. The number of piperidine rings is 1. The summed E-state index contributed by atoms with van der Waals surface area (Å²) in [6, 6.07) is 11.9. The fraction of sp³-hybridized carbons (Fsp3) is 0.450. The third-order valence-corrected chi connectivity index (χ3v) is 6.04. The molecule has 3 rings (SSSR count). The van der Waals surface area contributed by atoms with E-state index in [4.69, 9.17) is 0 Å². The van der Waals surface area contributed by atoms with Crippen LogP contribution < -0.4 is 14.9 Å². The maximum absolute atomic E-state index is 11.9. The van der Waals surface area contributed by atoms with Crippen molar-refractivity contribution in [2.24, 2.45) is 0 Å². The molecule has 2 heterocycles. The van der Waals surface area contributed by atoms with Crippen molar-refractivity contribution in [3.63, 3.8) is 0 Å². The van der Waals surface area contributed by atoms with Gasteiger partial charge in [-0.3, -0.25) is 4.72 Å². The summed E-state index contributed by atoms with van der Waals surface area (Å²) in [5.41, 5.74) is 2.70. The second-order valence-corrected chi connectivity index (χ2v) is 8.77. The topological polar surface area (TPSA) is 74.3 Å². The molecule has 1 fully saturated rings.